The van der Waals surface area contributed by atoms with Gasteiger partial charge in [0, 0.05) is 5.56 Å². The molecule has 0 aliphatic rings. The highest BCUT2D eigenvalue weighted by Gasteiger charge is 2.14. The second-order valence-electron chi connectivity index (χ2n) is 4.09. The van der Waals surface area contributed by atoms with E-state index in [-0.39, 0.29) is 5.69 Å². The summed E-state index contributed by atoms with van der Waals surface area (Å²) in [6.07, 6.45) is 1.16. The summed E-state index contributed by atoms with van der Waals surface area (Å²) in [5.41, 5.74) is 4.10. The van der Waals surface area contributed by atoms with Crippen LogP contribution in [0.4, 0.5) is 0 Å². The van der Waals surface area contributed by atoms with Crippen molar-refractivity contribution in [3.8, 4) is 11.5 Å². The smallest absolute Gasteiger partial charge is 0.357 e. The van der Waals surface area contributed by atoms with Crippen molar-refractivity contribution in [2.24, 2.45) is 0 Å². The molecular formula is C13H13NO3. The summed E-state index contributed by atoms with van der Waals surface area (Å²) < 4.78 is 5.20. The van der Waals surface area contributed by atoms with E-state index in [0.29, 0.717) is 5.89 Å². The normalized spacial score (nSPS) is 10.5. The summed E-state index contributed by atoms with van der Waals surface area (Å²) in [4.78, 5) is 14.7. The molecule has 1 heterocycles. The molecule has 0 fully saturated rings. The molecule has 0 bridgehead atoms. The van der Waals surface area contributed by atoms with Crippen LogP contribution in [0.1, 0.15) is 27.2 Å². The molecule has 0 spiro atoms. The van der Waals surface area contributed by atoms with Gasteiger partial charge in [-0.1, -0.05) is 6.07 Å². The average molecular weight is 231 g/mol. The minimum atomic E-state index is -1.08. The van der Waals surface area contributed by atoms with E-state index in [1.54, 1.807) is 0 Å². The van der Waals surface area contributed by atoms with Crippen LogP contribution < -0.4 is 0 Å². The van der Waals surface area contributed by atoms with Gasteiger partial charge >= 0.3 is 5.97 Å². The van der Waals surface area contributed by atoms with Crippen LogP contribution in [0.3, 0.4) is 0 Å². The SMILES string of the molecule is Cc1cc(C)c(-c2nc(C(=O)O)co2)cc1C. The van der Waals surface area contributed by atoms with Crippen molar-refractivity contribution in [1.82, 2.24) is 4.98 Å². The number of hydrogen-bond donors (Lipinski definition) is 1. The fourth-order valence-electron chi connectivity index (χ4n) is 1.69. The molecule has 2 aromatic rings. The van der Waals surface area contributed by atoms with Crippen molar-refractivity contribution in [1.29, 1.82) is 0 Å². The van der Waals surface area contributed by atoms with Crippen molar-refractivity contribution in [3.05, 3.63) is 40.8 Å². The first-order chi connectivity index (χ1) is 7.99. The predicted molar refractivity (Wildman–Crippen MR) is 63.1 cm³/mol. The lowest BCUT2D eigenvalue weighted by molar-refractivity contribution is 0.0690. The maximum absolute atomic E-state index is 10.7. The third-order valence-electron chi connectivity index (χ3n) is 2.79. The number of carboxylic acid groups (broad SMARTS) is 1. The van der Waals surface area contributed by atoms with E-state index in [9.17, 15) is 4.79 Å². The van der Waals surface area contributed by atoms with Crippen LogP contribution in [0.2, 0.25) is 0 Å². The zero-order valence-corrected chi connectivity index (χ0v) is 9.94. The summed E-state index contributed by atoms with van der Waals surface area (Å²) in [7, 11) is 0. The molecule has 1 aromatic carbocycles. The quantitative estimate of drug-likeness (QED) is 0.863. The lowest BCUT2D eigenvalue weighted by atomic mass is 10.0. The van der Waals surface area contributed by atoms with Crippen molar-refractivity contribution in [2.45, 2.75) is 20.8 Å². The molecular weight excluding hydrogens is 218 g/mol. The highest BCUT2D eigenvalue weighted by molar-refractivity contribution is 5.85. The molecule has 0 saturated carbocycles. The van der Waals surface area contributed by atoms with Crippen LogP contribution in [0.25, 0.3) is 11.5 Å². The van der Waals surface area contributed by atoms with Gasteiger partial charge in [-0.2, -0.15) is 0 Å². The maximum Gasteiger partial charge on any atom is 0.357 e. The number of hydrogen-bond acceptors (Lipinski definition) is 3. The molecule has 0 amide bonds. The number of aromatic carboxylic acids is 1. The van der Waals surface area contributed by atoms with Crippen LogP contribution in [0, 0.1) is 20.8 Å². The molecule has 1 aromatic heterocycles. The molecule has 0 saturated heterocycles. The van der Waals surface area contributed by atoms with E-state index in [1.807, 2.05) is 32.9 Å². The van der Waals surface area contributed by atoms with Gasteiger partial charge in [-0.3, -0.25) is 0 Å². The fourth-order valence-corrected chi connectivity index (χ4v) is 1.69. The molecule has 4 nitrogen and oxygen atoms in total. The Morgan fingerprint density at radius 3 is 2.41 bits per heavy atom. The number of carbonyl (C=O) groups is 1. The molecule has 0 aliphatic heterocycles. The van der Waals surface area contributed by atoms with Gasteiger partial charge in [0.25, 0.3) is 0 Å². The molecule has 2 rings (SSSR count). The first kappa shape index (κ1) is 11.4. The van der Waals surface area contributed by atoms with Gasteiger partial charge in [-0.25, -0.2) is 9.78 Å². The van der Waals surface area contributed by atoms with Crippen LogP contribution in [-0.4, -0.2) is 16.1 Å². The van der Waals surface area contributed by atoms with Crippen LogP contribution in [0.5, 0.6) is 0 Å². The Balaban J connectivity index is 2.52. The Hall–Kier alpha value is -2.10. The minimum absolute atomic E-state index is 0.0716. The van der Waals surface area contributed by atoms with Gasteiger partial charge in [0.15, 0.2) is 5.69 Å². The largest absolute Gasteiger partial charge is 0.476 e. The van der Waals surface area contributed by atoms with E-state index in [0.717, 1.165) is 23.0 Å². The predicted octanol–water partition coefficient (Wildman–Crippen LogP) is 2.97. The first-order valence-corrected chi connectivity index (χ1v) is 5.26. The number of nitrogens with zero attached hydrogens (tertiary/aromatic N) is 1. The van der Waals surface area contributed by atoms with Crippen LogP contribution in [-0.2, 0) is 0 Å². The molecule has 88 valence electrons. The molecule has 0 unspecified atom stereocenters. The number of aromatic nitrogens is 1. The van der Waals surface area contributed by atoms with Gasteiger partial charge in [0.05, 0.1) is 0 Å². The summed E-state index contributed by atoms with van der Waals surface area (Å²) >= 11 is 0. The summed E-state index contributed by atoms with van der Waals surface area (Å²) in [5.74, 6) is -0.732. The summed E-state index contributed by atoms with van der Waals surface area (Å²) in [5, 5.41) is 8.79. The second kappa shape index (κ2) is 4.05. The summed E-state index contributed by atoms with van der Waals surface area (Å²) in [6, 6.07) is 4.00. The number of aryl methyl sites for hydroxylation is 3. The Bertz CT molecular complexity index is 584. The highest BCUT2D eigenvalue weighted by Crippen LogP contribution is 2.25. The lowest BCUT2D eigenvalue weighted by Gasteiger charge is -2.06. The molecule has 0 aliphatic carbocycles. The number of oxazole rings is 1. The van der Waals surface area contributed by atoms with E-state index in [2.05, 4.69) is 4.98 Å². The van der Waals surface area contributed by atoms with Crippen molar-refractivity contribution in [3.63, 3.8) is 0 Å². The van der Waals surface area contributed by atoms with Crippen molar-refractivity contribution in [2.75, 3.05) is 0 Å². The molecule has 17 heavy (non-hydrogen) atoms. The third kappa shape index (κ3) is 2.06. The molecule has 1 N–H and O–H groups in total. The van der Waals surface area contributed by atoms with Gasteiger partial charge < -0.3 is 9.52 Å². The zero-order valence-electron chi connectivity index (χ0n) is 9.94. The average Bonchev–Trinajstić information content (AvgIpc) is 2.72. The van der Waals surface area contributed by atoms with Gasteiger partial charge in [0.2, 0.25) is 5.89 Å². The van der Waals surface area contributed by atoms with E-state index < -0.39 is 5.97 Å². The Morgan fingerprint density at radius 2 is 1.82 bits per heavy atom. The highest BCUT2D eigenvalue weighted by atomic mass is 16.4. The van der Waals surface area contributed by atoms with Crippen LogP contribution >= 0.6 is 0 Å². The van der Waals surface area contributed by atoms with Gasteiger partial charge in [0.1, 0.15) is 6.26 Å². The number of benzene rings is 1. The Morgan fingerprint density at radius 1 is 1.18 bits per heavy atom. The van der Waals surface area contributed by atoms with Gasteiger partial charge in [-0.15, -0.1) is 0 Å². The van der Waals surface area contributed by atoms with Crippen molar-refractivity contribution < 1.29 is 14.3 Å². The van der Waals surface area contributed by atoms with E-state index in [4.69, 9.17) is 9.52 Å². The van der Waals surface area contributed by atoms with E-state index in [1.165, 1.54) is 5.56 Å². The minimum Gasteiger partial charge on any atom is -0.476 e. The topological polar surface area (TPSA) is 63.3 Å². The first-order valence-electron chi connectivity index (χ1n) is 5.26. The standard InChI is InChI=1S/C13H13NO3/c1-7-4-9(3)10(5-8(7)2)12-14-11(6-17-12)13(15)16/h4-6H,1-3H3,(H,15,16). The monoisotopic (exact) mass is 231 g/mol. The van der Waals surface area contributed by atoms with Crippen molar-refractivity contribution >= 4 is 5.97 Å². The lowest BCUT2D eigenvalue weighted by Crippen LogP contribution is -1.96. The second-order valence-corrected chi connectivity index (χ2v) is 4.09. The Labute approximate surface area is 98.9 Å². The Kier molecular flexibility index (Phi) is 2.71. The molecule has 4 heteroatoms. The van der Waals surface area contributed by atoms with Gasteiger partial charge in [-0.05, 0) is 43.5 Å². The molecule has 0 radical (unpaired) electrons. The van der Waals surface area contributed by atoms with Crippen LogP contribution in [0.15, 0.2) is 22.8 Å². The molecule has 0 atom stereocenters. The summed E-state index contributed by atoms with van der Waals surface area (Å²) in [6.45, 7) is 5.98. The number of carboxylic acids is 1. The third-order valence-corrected chi connectivity index (χ3v) is 2.79. The number of rotatable bonds is 2. The maximum atomic E-state index is 10.7. The zero-order chi connectivity index (χ0) is 12.6. The fraction of sp³-hybridized carbons (Fsp3) is 0.231. The van der Waals surface area contributed by atoms with E-state index >= 15 is 0 Å².